The lowest BCUT2D eigenvalue weighted by molar-refractivity contribution is -0.137. The predicted octanol–water partition coefficient (Wildman–Crippen LogP) is 7.28. The van der Waals surface area contributed by atoms with Gasteiger partial charge in [0.05, 0.1) is 0 Å². The largest absolute Gasteiger partial charge is 0.421 e. The Bertz CT molecular complexity index is 1020. The van der Waals surface area contributed by atoms with Crippen molar-refractivity contribution in [2.45, 2.75) is 87.7 Å². The van der Waals surface area contributed by atoms with Crippen molar-refractivity contribution in [3.05, 3.63) is 35.5 Å². The highest BCUT2D eigenvalue weighted by Gasteiger charge is 2.37. The molecule has 1 aromatic carbocycles. The molecular formula is C26H34F3N5S. The van der Waals surface area contributed by atoms with Crippen LogP contribution in [0.4, 0.5) is 30.6 Å². The van der Waals surface area contributed by atoms with Crippen LogP contribution in [0.15, 0.2) is 29.3 Å². The number of halogens is 3. The first kappa shape index (κ1) is 24.7. The van der Waals surface area contributed by atoms with Crippen LogP contribution in [0.25, 0.3) is 0 Å². The average Bonchev–Trinajstić information content (AvgIpc) is 3.69. The van der Waals surface area contributed by atoms with E-state index in [1.165, 1.54) is 42.6 Å². The molecule has 5 rings (SSSR count). The monoisotopic (exact) mass is 505 g/mol. The molecule has 2 N–H and O–H groups in total. The molecular weight excluding hydrogens is 471 g/mol. The fourth-order valence-corrected chi connectivity index (χ4v) is 6.06. The Kier molecular flexibility index (Phi) is 7.44. The second kappa shape index (κ2) is 10.5. The van der Waals surface area contributed by atoms with Gasteiger partial charge in [0, 0.05) is 35.9 Å². The Hall–Kier alpha value is -2.00. The van der Waals surface area contributed by atoms with Gasteiger partial charge in [-0.15, -0.1) is 0 Å². The summed E-state index contributed by atoms with van der Waals surface area (Å²) in [5.74, 6) is 1.02. The first-order valence-electron chi connectivity index (χ1n) is 12.9. The highest BCUT2D eigenvalue weighted by Crippen LogP contribution is 2.45. The quantitative estimate of drug-likeness (QED) is 0.386. The summed E-state index contributed by atoms with van der Waals surface area (Å²) in [5.41, 5.74) is 1.31. The molecule has 1 unspecified atom stereocenters. The van der Waals surface area contributed by atoms with E-state index in [2.05, 4.69) is 39.1 Å². The van der Waals surface area contributed by atoms with Gasteiger partial charge in [0.2, 0.25) is 5.95 Å². The third kappa shape index (κ3) is 6.23. The molecule has 2 heterocycles. The summed E-state index contributed by atoms with van der Waals surface area (Å²) in [6.07, 6.45) is 6.96. The fourth-order valence-electron chi connectivity index (χ4n) is 5.20. The minimum atomic E-state index is -4.49. The lowest BCUT2D eigenvalue weighted by Gasteiger charge is -2.33. The lowest BCUT2D eigenvalue weighted by atomic mass is 9.96. The van der Waals surface area contributed by atoms with E-state index in [-0.39, 0.29) is 11.8 Å². The maximum Gasteiger partial charge on any atom is 0.421 e. The molecule has 0 bridgehead atoms. The predicted molar refractivity (Wildman–Crippen MR) is 135 cm³/mol. The number of rotatable bonds is 7. The summed E-state index contributed by atoms with van der Waals surface area (Å²) in [6, 6.07) is 6.85. The number of nitrogens with zero attached hydrogens (tertiary/aromatic N) is 3. The summed E-state index contributed by atoms with van der Waals surface area (Å²) >= 11 is 1.69. The van der Waals surface area contributed by atoms with Gasteiger partial charge in [-0.25, -0.2) is 4.98 Å². The maximum atomic E-state index is 13.8. The Morgan fingerprint density at radius 2 is 1.83 bits per heavy atom. The molecule has 1 atom stereocenters. The second-order valence-electron chi connectivity index (χ2n) is 10.3. The van der Waals surface area contributed by atoms with Crippen molar-refractivity contribution in [3.63, 3.8) is 0 Å². The molecule has 0 spiro atoms. The van der Waals surface area contributed by atoms with Crippen molar-refractivity contribution in [3.8, 4) is 0 Å². The number of anilines is 3. The van der Waals surface area contributed by atoms with Crippen molar-refractivity contribution in [2.75, 3.05) is 23.3 Å². The zero-order valence-corrected chi connectivity index (χ0v) is 21.0. The Balaban J connectivity index is 1.36. The lowest BCUT2D eigenvalue weighted by Crippen LogP contribution is -2.36. The summed E-state index contributed by atoms with van der Waals surface area (Å²) in [5, 5.41) is 3.25. The van der Waals surface area contributed by atoms with Gasteiger partial charge in [0.1, 0.15) is 11.4 Å². The molecule has 0 radical (unpaired) electrons. The van der Waals surface area contributed by atoms with Crippen molar-refractivity contribution >= 4 is 29.4 Å². The fraction of sp³-hybridized carbons (Fsp3) is 0.615. The van der Waals surface area contributed by atoms with Crippen LogP contribution in [0, 0.1) is 5.92 Å². The Morgan fingerprint density at radius 3 is 2.54 bits per heavy atom. The minimum absolute atomic E-state index is 0.0154. The minimum Gasteiger partial charge on any atom is -0.356 e. The van der Waals surface area contributed by atoms with Gasteiger partial charge in [-0.1, -0.05) is 26.2 Å². The third-order valence-electron chi connectivity index (χ3n) is 7.27. The molecule has 2 saturated carbocycles. The Labute approximate surface area is 209 Å². The van der Waals surface area contributed by atoms with E-state index in [4.69, 9.17) is 0 Å². The number of nitrogens with one attached hydrogen (secondary N) is 2. The third-order valence-corrected chi connectivity index (χ3v) is 8.21. The van der Waals surface area contributed by atoms with E-state index in [1.54, 1.807) is 16.8 Å². The van der Waals surface area contributed by atoms with Crippen LogP contribution < -0.4 is 14.9 Å². The van der Waals surface area contributed by atoms with Crippen molar-refractivity contribution in [1.29, 1.82) is 0 Å². The highest BCUT2D eigenvalue weighted by molar-refractivity contribution is 7.97. The summed E-state index contributed by atoms with van der Waals surface area (Å²) in [6.45, 7) is 3.23. The molecule has 1 aromatic heterocycles. The van der Waals surface area contributed by atoms with E-state index in [1.807, 2.05) is 6.07 Å². The number of piperidine rings is 1. The van der Waals surface area contributed by atoms with Crippen LogP contribution in [-0.2, 0) is 6.18 Å². The summed E-state index contributed by atoms with van der Waals surface area (Å²) in [7, 11) is 0. The van der Waals surface area contributed by atoms with Gasteiger partial charge in [-0.05, 0) is 86.1 Å². The van der Waals surface area contributed by atoms with Crippen molar-refractivity contribution in [1.82, 2.24) is 14.7 Å². The summed E-state index contributed by atoms with van der Waals surface area (Å²) in [4.78, 5) is 11.4. The number of hydrogen-bond acceptors (Lipinski definition) is 6. The van der Waals surface area contributed by atoms with Crippen molar-refractivity contribution < 1.29 is 13.2 Å². The van der Waals surface area contributed by atoms with E-state index in [0.29, 0.717) is 31.0 Å². The number of alkyl halides is 3. The molecule has 190 valence electrons. The van der Waals surface area contributed by atoms with Crippen LogP contribution in [0.1, 0.15) is 81.8 Å². The normalized spacial score (nSPS) is 21.8. The first-order valence-corrected chi connectivity index (χ1v) is 13.7. The van der Waals surface area contributed by atoms with Gasteiger partial charge in [0.25, 0.3) is 0 Å². The van der Waals surface area contributed by atoms with Crippen molar-refractivity contribution in [2.24, 2.45) is 5.92 Å². The summed E-state index contributed by atoms with van der Waals surface area (Å²) < 4.78 is 44.9. The standard InChI is InChI=1S/C26H34F3N5S/c1-17-6-5-13-34(16-17)24-22(26(27,28)29)15-30-25(32-24)31-23-12-11-20(14-21(23)18-9-10-18)35-33-19-7-3-2-4-8-19/h11-12,14-15,17-19,33H,2-10,13,16H2,1H3,(H,30,31,32). The van der Waals surface area contributed by atoms with E-state index < -0.39 is 11.7 Å². The molecule has 1 saturated heterocycles. The Morgan fingerprint density at radius 1 is 1.03 bits per heavy atom. The van der Waals surface area contributed by atoms with Gasteiger partial charge in [-0.2, -0.15) is 18.2 Å². The molecule has 3 fully saturated rings. The van der Waals surface area contributed by atoms with Crippen LogP contribution in [0.5, 0.6) is 0 Å². The molecule has 0 amide bonds. The number of hydrogen-bond donors (Lipinski definition) is 2. The van der Waals surface area contributed by atoms with Crippen LogP contribution in [0.3, 0.4) is 0 Å². The maximum absolute atomic E-state index is 13.8. The number of aromatic nitrogens is 2. The van der Waals surface area contributed by atoms with Crippen LogP contribution in [-0.4, -0.2) is 29.1 Å². The van der Waals surface area contributed by atoms with Crippen LogP contribution >= 0.6 is 11.9 Å². The SMILES string of the molecule is CC1CCCN(c2nc(Nc3ccc(SNC4CCCCC4)cc3C3CC3)ncc2C(F)(F)F)C1. The van der Waals surface area contributed by atoms with E-state index in [0.717, 1.165) is 37.6 Å². The molecule has 2 aromatic rings. The molecule has 3 aliphatic rings. The molecule has 2 aliphatic carbocycles. The smallest absolute Gasteiger partial charge is 0.356 e. The molecule has 35 heavy (non-hydrogen) atoms. The van der Waals surface area contributed by atoms with Gasteiger partial charge in [-0.3, -0.25) is 4.72 Å². The zero-order valence-electron chi connectivity index (χ0n) is 20.2. The first-order chi connectivity index (χ1) is 16.9. The molecule has 1 aliphatic heterocycles. The van der Waals surface area contributed by atoms with Gasteiger partial charge in [0.15, 0.2) is 0 Å². The molecule has 9 heteroatoms. The van der Waals surface area contributed by atoms with Gasteiger partial charge < -0.3 is 10.2 Å². The average molecular weight is 506 g/mol. The van der Waals surface area contributed by atoms with E-state index >= 15 is 0 Å². The van der Waals surface area contributed by atoms with Crippen LogP contribution in [0.2, 0.25) is 0 Å². The number of benzene rings is 1. The van der Waals surface area contributed by atoms with Gasteiger partial charge >= 0.3 is 6.18 Å². The topological polar surface area (TPSA) is 53.1 Å². The highest BCUT2D eigenvalue weighted by atomic mass is 32.2. The van der Waals surface area contributed by atoms with E-state index in [9.17, 15) is 13.2 Å². The zero-order chi connectivity index (χ0) is 24.4. The second-order valence-corrected chi connectivity index (χ2v) is 11.2. The molecule has 5 nitrogen and oxygen atoms in total.